The number of ether oxygens (including phenoxy) is 1. The van der Waals surface area contributed by atoms with E-state index in [0.717, 1.165) is 11.3 Å². The molecular formula is C22H19N5O2. The molecule has 1 amide bonds. The van der Waals surface area contributed by atoms with Crippen LogP contribution in [-0.2, 0) is 11.2 Å². The zero-order valence-electron chi connectivity index (χ0n) is 15.6. The molecule has 0 spiro atoms. The first kappa shape index (κ1) is 18.4. The minimum atomic E-state index is -0.562. The summed E-state index contributed by atoms with van der Waals surface area (Å²) >= 11 is 0. The fourth-order valence-corrected chi connectivity index (χ4v) is 2.91. The van der Waals surface area contributed by atoms with Gasteiger partial charge in [0.15, 0.2) is 0 Å². The molecule has 0 saturated heterocycles. The van der Waals surface area contributed by atoms with E-state index in [0.29, 0.717) is 17.9 Å². The van der Waals surface area contributed by atoms with Crippen LogP contribution in [0.2, 0.25) is 0 Å². The van der Waals surface area contributed by atoms with Crippen molar-refractivity contribution in [2.24, 2.45) is 0 Å². The number of carbonyl (C=O) groups excluding carboxylic acids is 1. The molecular weight excluding hydrogens is 366 g/mol. The van der Waals surface area contributed by atoms with E-state index in [4.69, 9.17) is 4.74 Å². The third-order valence-electron chi connectivity index (χ3n) is 4.36. The highest BCUT2D eigenvalue weighted by atomic mass is 16.5. The molecule has 0 bridgehead atoms. The van der Waals surface area contributed by atoms with E-state index >= 15 is 0 Å². The zero-order chi connectivity index (χ0) is 19.9. The third-order valence-corrected chi connectivity index (χ3v) is 4.36. The number of rotatable bonds is 7. The maximum atomic E-state index is 12.9. The van der Waals surface area contributed by atoms with E-state index in [1.165, 1.54) is 11.0 Å². The monoisotopic (exact) mass is 385 g/mol. The standard InChI is InChI=1S/C22H19N5O2/c28-22(21(27-16-23-25-26-27)15-17-7-3-1-4-8-17)24-18-11-13-20(14-12-18)29-19-9-5-2-6-10-19/h1-14,16,21H,15H2,(H,24,28). The Kier molecular flexibility index (Phi) is 5.57. The number of tetrazole rings is 1. The number of anilines is 1. The quantitative estimate of drug-likeness (QED) is 0.522. The second-order valence-electron chi connectivity index (χ2n) is 6.42. The molecule has 7 nitrogen and oxygen atoms in total. The number of hydrogen-bond acceptors (Lipinski definition) is 5. The fourth-order valence-electron chi connectivity index (χ4n) is 2.91. The van der Waals surface area contributed by atoms with Gasteiger partial charge in [-0.1, -0.05) is 48.5 Å². The highest BCUT2D eigenvalue weighted by molar-refractivity contribution is 5.93. The number of amides is 1. The van der Waals surface area contributed by atoms with E-state index in [9.17, 15) is 4.79 Å². The molecule has 4 aromatic rings. The van der Waals surface area contributed by atoms with Gasteiger partial charge >= 0.3 is 0 Å². The van der Waals surface area contributed by atoms with Crippen LogP contribution < -0.4 is 10.1 Å². The SMILES string of the molecule is O=C(Nc1ccc(Oc2ccccc2)cc1)C(Cc1ccccc1)n1cnnn1. The lowest BCUT2D eigenvalue weighted by atomic mass is 10.1. The van der Waals surface area contributed by atoms with Crippen LogP contribution in [-0.4, -0.2) is 26.1 Å². The summed E-state index contributed by atoms with van der Waals surface area (Å²) in [5.74, 6) is 1.25. The van der Waals surface area contributed by atoms with E-state index in [-0.39, 0.29) is 5.91 Å². The van der Waals surface area contributed by atoms with Crippen LogP contribution in [0.3, 0.4) is 0 Å². The van der Waals surface area contributed by atoms with Crippen LogP contribution in [0, 0.1) is 0 Å². The number of aromatic nitrogens is 4. The number of nitrogens with zero attached hydrogens (tertiary/aromatic N) is 4. The molecule has 0 radical (unpaired) electrons. The van der Waals surface area contributed by atoms with Crippen molar-refractivity contribution in [3.63, 3.8) is 0 Å². The van der Waals surface area contributed by atoms with E-state index in [2.05, 4.69) is 20.8 Å². The van der Waals surface area contributed by atoms with Crippen molar-refractivity contribution in [1.29, 1.82) is 0 Å². The molecule has 0 aliphatic carbocycles. The van der Waals surface area contributed by atoms with Gasteiger partial charge in [-0.3, -0.25) is 4.79 Å². The molecule has 3 aromatic carbocycles. The van der Waals surface area contributed by atoms with Crippen LogP contribution in [0.15, 0.2) is 91.3 Å². The van der Waals surface area contributed by atoms with E-state index in [1.54, 1.807) is 12.1 Å². The van der Waals surface area contributed by atoms with E-state index in [1.807, 2.05) is 72.8 Å². The summed E-state index contributed by atoms with van der Waals surface area (Å²) in [4.78, 5) is 12.9. The average molecular weight is 385 g/mol. The van der Waals surface area contributed by atoms with E-state index < -0.39 is 6.04 Å². The highest BCUT2D eigenvalue weighted by Crippen LogP contribution is 2.23. The Balaban J connectivity index is 1.46. The van der Waals surface area contributed by atoms with Crippen LogP contribution in [0.1, 0.15) is 11.6 Å². The predicted octanol–water partition coefficient (Wildman–Crippen LogP) is 3.89. The number of para-hydroxylation sites is 1. The minimum Gasteiger partial charge on any atom is -0.457 e. The molecule has 1 aromatic heterocycles. The zero-order valence-corrected chi connectivity index (χ0v) is 15.6. The van der Waals surface area contributed by atoms with Gasteiger partial charge in [-0.2, -0.15) is 0 Å². The van der Waals surface area contributed by atoms with Crippen molar-refractivity contribution in [1.82, 2.24) is 20.2 Å². The molecule has 7 heteroatoms. The molecule has 0 saturated carbocycles. The van der Waals surface area contributed by atoms with Crippen molar-refractivity contribution in [3.8, 4) is 11.5 Å². The molecule has 1 N–H and O–H groups in total. The summed E-state index contributed by atoms with van der Waals surface area (Å²) in [5.41, 5.74) is 1.69. The molecule has 1 unspecified atom stereocenters. The third kappa shape index (κ3) is 4.84. The lowest BCUT2D eigenvalue weighted by molar-refractivity contribution is -0.119. The smallest absolute Gasteiger partial charge is 0.249 e. The Morgan fingerprint density at radius 3 is 2.21 bits per heavy atom. The fraction of sp³-hybridized carbons (Fsp3) is 0.0909. The largest absolute Gasteiger partial charge is 0.457 e. The number of carbonyl (C=O) groups is 1. The summed E-state index contributed by atoms with van der Waals surface area (Å²) < 4.78 is 7.25. The molecule has 29 heavy (non-hydrogen) atoms. The minimum absolute atomic E-state index is 0.196. The molecule has 1 atom stereocenters. The second kappa shape index (κ2) is 8.79. The first-order valence-corrected chi connectivity index (χ1v) is 9.18. The van der Waals surface area contributed by atoms with Gasteiger partial charge in [0.05, 0.1) is 0 Å². The van der Waals surface area contributed by atoms with Gasteiger partial charge < -0.3 is 10.1 Å². The van der Waals surface area contributed by atoms with Crippen LogP contribution in [0.4, 0.5) is 5.69 Å². The Hall–Kier alpha value is -4.00. The molecule has 0 fully saturated rings. The summed E-state index contributed by atoms with van der Waals surface area (Å²) in [6, 6.07) is 26.0. The summed E-state index contributed by atoms with van der Waals surface area (Å²) in [6.07, 6.45) is 1.93. The maximum absolute atomic E-state index is 12.9. The second-order valence-corrected chi connectivity index (χ2v) is 6.42. The lowest BCUT2D eigenvalue weighted by Crippen LogP contribution is -2.28. The normalized spacial score (nSPS) is 11.6. The molecule has 0 aliphatic rings. The topological polar surface area (TPSA) is 81.9 Å². The van der Waals surface area contributed by atoms with Crippen molar-refractivity contribution < 1.29 is 9.53 Å². The van der Waals surface area contributed by atoms with Crippen LogP contribution >= 0.6 is 0 Å². The molecule has 1 heterocycles. The Labute approximate surface area is 168 Å². The number of benzene rings is 3. The average Bonchev–Trinajstić information content (AvgIpc) is 3.29. The van der Waals surface area contributed by atoms with Gasteiger partial charge in [-0.25, -0.2) is 4.68 Å². The van der Waals surface area contributed by atoms with Gasteiger partial charge in [0.1, 0.15) is 23.9 Å². The first-order valence-electron chi connectivity index (χ1n) is 9.18. The Morgan fingerprint density at radius 2 is 1.55 bits per heavy atom. The number of nitrogens with one attached hydrogen (secondary N) is 1. The van der Waals surface area contributed by atoms with Crippen molar-refractivity contribution in [3.05, 3.63) is 96.8 Å². The Morgan fingerprint density at radius 1 is 0.897 bits per heavy atom. The Bertz CT molecular complexity index is 1040. The lowest BCUT2D eigenvalue weighted by Gasteiger charge is -2.16. The summed E-state index contributed by atoms with van der Waals surface area (Å²) in [7, 11) is 0. The van der Waals surface area contributed by atoms with Gasteiger partial charge in [0.25, 0.3) is 0 Å². The maximum Gasteiger partial charge on any atom is 0.249 e. The van der Waals surface area contributed by atoms with Gasteiger partial charge in [-0.05, 0) is 52.4 Å². The van der Waals surface area contributed by atoms with Gasteiger partial charge in [0, 0.05) is 12.1 Å². The summed E-state index contributed by atoms with van der Waals surface area (Å²) in [6.45, 7) is 0. The molecule has 0 aliphatic heterocycles. The predicted molar refractivity (Wildman–Crippen MR) is 109 cm³/mol. The van der Waals surface area contributed by atoms with Crippen LogP contribution in [0.5, 0.6) is 11.5 Å². The highest BCUT2D eigenvalue weighted by Gasteiger charge is 2.22. The van der Waals surface area contributed by atoms with Crippen molar-refractivity contribution in [2.75, 3.05) is 5.32 Å². The van der Waals surface area contributed by atoms with Crippen molar-refractivity contribution >= 4 is 11.6 Å². The first-order chi connectivity index (χ1) is 14.3. The van der Waals surface area contributed by atoms with Gasteiger partial charge in [-0.15, -0.1) is 5.10 Å². The van der Waals surface area contributed by atoms with Crippen molar-refractivity contribution in [2.45, 2.75) is 12.5 Å². The summed E-state index contributed by atoms with van der Waals surface area (Å²) in [5, 5.41) is 14.2. The van der Waals surface area contributed by atoms with Gasteiger partial charge in [0.2, 0.25) is 5.91 Å². The number of hydrogen-bond donors (Lipinski definition) is 1. The molecule has 144 valence electrons. The molecule has 4 rings (SSSR count). The van der Waals surface area contributed by atoms with Crippen LogP contribution in [0.25, 0.3) is 0 Å².